The third-order valence-corrected chi connectivity index (χ3v) is 4.05. The largest absolute Gasteiger partial charge is 0.369 e. The lowest BCUT2D eigenvalue weighted by Gasteiger charge is -2.32. The molecule has 0 aliphatic carbocycles. The summed E-state index contributed by atoms with van der Waals surface area (Å²) in [6.07, 6.45) is 6.11. The van der Waals surface area contributed by atoms with Gasteiger partial charge in [0.1, 0.15) is 0 Å². The van der Waals surface area contributed by atoms with Crippen molar-refractivity contribution in [3.63, 3.8) is 0 Å². The summed E-state index contributed by atoms with van der Waals surface area (Å²) in [4.78, 5) is 13.4. The van der Waals surface area contributed by atoms with Crippen molar-refractivity contribution in [2.45, 2.75) is 25.7 Å². The van der Waals surface area contributed by atoms with Crippen LogP contribution in [0.4, 0.5) is 11.4 Å². The number of amides is 1. The van der Waals surface area contributed by atoms with E-state index in [4.69, 9.17) is 0 Å². The zero-order chi connectivity index (χ0) is 14.7. The van der Waals surface area contributed by atoms with Gasteiger partial charge in [-0.05, 0) is 36.5 Å². The molecule has 2 N–H and O–H groups in total. The van der Waals surface area contributed by atoms with Gasteiger partial charge in [-0.2, -0.15) is 5.10 Å². The molecule has 0 radical (unpaired) electrons. The molecule has 0 atom stereocenters. The average molecular weight is 284 g/mol. The normalized spacial score (nSPS) is 16.0. The van der Waals surface area contributed by atoms with E-state index < -0.39 is 0 Å². The first kappa shape index (κ1) is 13.7. The highest BCUT2D eigenvalue weighted by molar-refractivity contribution is 5.88. The Balaban J connectivity index is 1.60. The highest BCUT2D eigenvalue weighted by Crippen LogP contribution is 2.30. The number of benzene rings is 1. The molecule has 0 spiro atoms. The van der Waals surface area contributed by atoms with Crippen molar-refractivity contribution < 1.29 is 4.79 Å². The van der Waals surface area contributed by atoms with Gasteiger partial charge in [-0.3, -0.25) is 9.89 Å². The summed E-state index contributed by atoms with van der Waals surface area (Å²) in [6, 6.07) is 8.23. The number of anilines is 2. The van der Waals surface area contributed by atoms with Crippen LogP contribution in [0.2, 0.25) is 0 Å². The number of nitrogens with one attached hydrogen (secondary N) is 2. The molecule has 1 fully saturated rings. The second kappa shape index (κ2) is 5.99. The number of H-pyrrole nitrogens is 1. The van der Waals surface area contributed by atoms with E-state index in [0.717, 1.165) is 31.6 Å². The summed E-state index contributed by atoms with van der Waals surface area (Å²) < 4.78 is 0. The second-order valence-electron chi connectivity index (χ2n) is 5.52. The van der Waals surface area contributed by atoms with Crippen LogP contribution in [0.15, 0.2) is 36.7 Å². The molecule has 110 valence electrons. The third kappa shape index (κ3) is 3.24. The van der Waals surface area contributed by atoms with Gasteiger partial charge in [-0.25, -0.2) is 0 Å². The van der Waals surface area contributed by atoms with Crippen LogP contribution < -0.4 is 10.2 Å². The number of hydrogen-bond acceptors (Lipinski definition) is 3. The first-order valence-electron chi connectivity index (χ1n) is 7.33. The monoisotopic (exact) mass is 284 g/mol. The van der Waals surface area contributed by atoms with Crippen LogP contribution in [0, 0.1) is 0 Å². The number of aromatic amines is 1. The molecule has 0 bridgehead atoms. The minimum Gasteiger partial charge on any atom is -0.369 e. The van der Waals surface area contributed by atoms with Crippen LogP contribution >= 0.6 is 0 Å². The minimum atomic E-state index is -0.0313. The maximum absolute atomic E-state index is 11.0. The standard InChI is InChI=1S/C16H20N4O/c1-12(21)19-15-4-2-13(3-5-15)14-6-8-20(9-7-14)16-10-17-18-11-16/h2-5,10-11,14H,6-9H2,1H3,(H,17,18)(H,19,21). The van der Waals surface area contributed by atoms with Crippen LogP contribution in [-0.4, -0.2) is 29.2 Å². The summed E-state index contributed by atoms with van der Waals surface area (Å²) in [7, 11) is 0. The second-order valence-corrected chi connectivity index (χ2v) is 5.52. The Morgan fingerprint density at radius 1 is 1.29 bits per heavy atom. The van der Waals surface area contributed by atoms with E-state index in [2.05, 4.69) is 32.5 Å². The molecule has 1 aliphatic heterocycles. The zero-order valence-electron chi connectivity index (χ0n) is 12.2. The number of carbonyl (C=O) groups excluding carboxylic acids is 1. The maximum Gasteiger partial charge on any atom is 0.221 e. The fraction of sp³-hybridized carbons (Fsp3) is 0.375. The van der Waals surface area contributed by atoms with Crippen molar-refractivity contribution in [3.05, 3.63) is 42.2 Å². The predicted octanol–water partition coefficient (Wildman–Crippen LogP) is 2.75. The van der Waals surface area contributed by atoms with Gasteiger partial charge in [0.2, 0.25) is 5.91 Å². The van der Waals surface area contributed by atoms with Crippen LogP contribution in [0.3, 0.4) is 0 Å². The lowest BCUT2D eigenvalue weighted by molar-refractivity contribution is -0.114. The highest BCUT2D eigenvalue weighted by atomic mass is 16.1. The van der Waals surface area contributed by atoms with E-state index in [1.54, 1.807) is 0 Å². The van der Waals surface area contributed by atoms with E-state index in [9.17, 15) is 4.79 Å². The van der Waals surface area contributed by atoms with Gasteiger partial charge in [0.15, 0.2) is 0 Å². The van der Waals surface area contributed by atoms with E-state index in [1.807, 2.05) is 24.5 Å². The Hall–Kier alpha value is -2.30. The fourth-order valence-electron chi connectivity index (χ4n) is 2.93. The lowest BCUT2D eigenvalue weighted by atomic mass is 9.89. The quantitative estimate of drug-likeness (QED) is 0.911. The van der Waals surface area contributed by atoms with Crippen molar-refractivity contribution in [2.24, 2.45) is 0 Å². The van der Waals surface area contributed by atoms with Crippen LogP contribution in [0.5, 0.6) is 0 Å². The van der Waals surface area contributed by atoms with Crippen LogP contribution in [0.1, 0.15) is 31.2 Å². The van der Waals surface area contributed by atoms with E-state index >= 15 is 0 Å². The molecule has 2 aromatic rings. The molecule has 1 amide bonds. The Morgan fingerprint density at radius 3 is 2.57 bits per heavy atom. The van der Waals surface area contributed by atoms with Gasteiger partial charge >= 0.3 is 0 Å². The molecule has 0 unspecified atom stereocenters. The van der Waals surface area contributed by atoms with Gasteiger partial charge in [-0.15, -0.1) is 0 Å². The van der Waals surface area contributed by atoms with E-state index in [-0.39, 0.29) is 5.91 Å². The summed E-state index contributed by atoms with van der Waals surface area (Å²) in [5.74, 6) is 0.565. The van der Waals surface area contributed by atoms with Gasteiger partial charge in [0.25, 0.3) is 0 Å². The molecule has 1 aliphatic rings. The van der Waals surface area contributed by atoms with Crippen molar-refractivity contribution in [1.82, 2.24) is 10.2 Å². The third-order valence-electron chi connectivity index (χ3n) is 4.05. The zero-order valence-corrected chi connectivity index (χ0v) is 12.2. The van der Waals surface area contributed by atoms with E-state index in [1.165, 1.54) is 18.2 Å². The van der Waals surface area contributed by atoms with Crippen molar-refractivity contribution >= 4 is 17.3 Å². The Bertz CT molecular complexity index is 583. The smallest absolute Gasteiger partial charge is 0.221 e. The average Bonchev–Trinajstić information content (AvgIpc) is 3.02. The first-order valence-corrected chi connectivity index (χ1v) is 7.33. The van der Waals surface area contributed by atoms with Gasteiger partial charge in [0.05, 0.1) is 11.9 Å². The number of piperidine rings is 1. The number of hydrogen-bond donors (Lipinski definition) is 2. The molecule has 5 nitrogen and oxygen atoms in total. The van der Waals surface area contributed by atoms with Gasteiger partial charge in [0, 0.05) is 31.9 Å². The van der Waals surface area contributed by atoms with Gasteiger partial charge in [-0.1, -0.05) is 12.1 Å². The molecule has 1 saturated heterocycles. The molecule has 2 heterocycles. The summed E-state index contributed by atoms with van der Waals surface area (Å²) in [6.45, 7) is 3.63. The number of rotatable bonds is 3. The molecule has 5 heteroatoms. The number of aromatic nitrogens is 2. The molecule has 1 aromatic heterocycles. The number of carbonyl (C=O) groups is 1. The predicted molar refractivity (Wildman–Crippen MR) is 83.5 cm³/mol. The van der Waals surface area contributed by atoms with Crippen molar-refractivity contribution in [3.8, 4) is 0 Å². The molecule has 21 heavy (non-hydrogen) atoms. The Labute approximate surface area is 124 Å². The summed E-state index contributed by atoms with van der Waals surface area (Å²) >= 11 is 0. The Morgan fingerprint density at radius 2 is 2.00 bits per heavy atom. The lowest BCUT2D eigenvalue weighted by Crippen LogP contribution is -2.32. The molecular weight excluding hydrogens is 264 g/mol. The SMILES string of the molecule is CC(=O)Nc1ccc(C2CCN(c3cn[nH]c3)CC2)cc1. The van der Waals surface area contributed by atoms with E-state index in [0.29, 0.717) is 5.92 Å². The number of nitrogens with zero attached hydrogens (tertiary/aromatic N) is 2. The van der Waals surface area contributed by atoms with Crippen LogP contribution in [0.25, 0.3) is 0 Å². The minimum absolute atomic E-state index is 0.0313. The summed E-state index contributed by atoms with van der Waals surface area (Å²) in [5.41, 5.74) is 3.40. The summed E-state index contributed by atoms with van der Waals surface area (Å²) in [5, 5.41) is 9.68. The first-order chi connectivity index (χ1) is 10.2. The maximum atomic E-state index is 11.0. The molecule has 0 saturated carbocycles. The van der Waals surface area contributed by atoms with Crippen molar-refractivity contribution in [1.29, 1.82) is 0 Å². The molecule has 1 aromatic carbocycles. The molecule has 3 rings (SSSR count). The Kier molecular flexibility index (Phi) is 3.90. The van der Waals surface area contributed by atoms with Crippen molar-refractivity contribution in [2.75, 3.05) is 23.3 Å². The highest BCUT2D eigenvalue weighted by Gasteiger charge is 2.21. The van der Waals surface area contributed by atoms with Gasteiger partial charge < -0.3 is 10.2 Å². The molecular formula is C16H20N4O. The topological polar surface area (TPSA) is 61.0 Å². The fourth-order valence-corrected chi connectivity index (χ4v) is 2.93. The van der Waals surface area contributed by atoms with Crippen LogP contribution in [-0.2, 0) is 4.79 Å².